The molecule has 1 rings (SSSR count). The van der Waals surface area contributed by atoms with Gasteiger partial charge in [-0.1, -0.05) is 44.2 Å². The van der Waals surface area contributed by atoms with Crippen LogP contribution in [0.15, 0.2) is 30.3 Å². The monoisotopic (exact) mass is 234 g/mol. The highest BCUT2D eigenvalue weighted by Gasteiger charge is 2.17. The molecular formula is C14H22N2O. The Kier molecular flexibility index (Phi) is 5.70. The van der Waals surface area contributed by atoms with Gasteiger partial charge in [0.25, 0.3) is 0 Å². The van der Waals surface area contributed by atoms with Crippen LogP contribution in [-0.2, 0) is 4.79 Å². The Morgan fingerprint density at radius 2 is 1.94 bits per heavy atom. The first-order valence-corrected chi connectivity index (χ1v) is 6.18. The van der Waals surface area contributed by atoms with E-state index in [0.29, 0.717) is 12.5 Å². The van der Waals surface area contributed by atoms with Gasteiger partial charge in [0.05, 0.1) is 5.92 Å². The summed E-state index contributed by atoms with van der Waals surface area (Å²) in [5.41, 5.74) is 6.66. The zero-order chi connectivity index (χ0) is 12.7. The van der Waals surface area contributed by atoms with Gasteiger partial charge >= 0.3 is 0 Å². The molecule has 17 heavy (non-hydrogen) atoms. The molecule has 1 atom stereocenters. The van der Waals surface area contributed by atoms with Gasteiger partial charge < -0.3 is 11.1 Å². The van der Waals surface area contributed by atoms with Gasteiger partial charge in [-0.05, 0) is 17.9 Å². The van der Waals surface area contributed by atoms with Gasteiger partial charge in [0, 0.05) is 13.1 Å². The van der Waals surface area contributed by atoms with Crippen LogP contribution in [0.2, 0.25) is 0 Å². The highest BCUT2D eigenvalue weighted by atomic mass is 16.1. The molecule has 0 aliphatic carbocycles. The van der Waals surface area contributed by atoms with E-state index in [2.05, 4.69) is 19.2 Å². The molecule has 0 saturated heterocycles. The number of amides is 1. The smallest absolute Gasteiger partial charge is 0.228 e. The molecule has 1 amide bonds. The minimum absolute atomic E-state index is 0.0272. The molecule has 3 N–H and O–H groups in total. The fourth-order valence-corrected chi connectivity index (χ4v) is 1.69. The second-order valence-corrected chi connectivity index (χ2v) is 4.67. The molecular weight excluding hydrogens is 212 g/mol. The third-order valence-corrected chi connectivity index (χ3v) is 2.78. The van der Waals surface area contributed by atoms with Gasteiger partial charge in [0.15, 0.2) is 0 Å². The molecule has 0 fully saturated rings. The van der Waals surface area contributed by atoms with Crippen LogP contribution in [0.1, 0.15) is 31.7 Å². The number of hydrogen-bond donors (Lipinski definition) is 2. The summed E-state index contributed by atoms with van der Waals surface area (Å²) in [4.78, 5) is 12.0. The third-order valence-electron chi connectivity index (χ3n) is 2.78. The molecule has 3 nitrogen and oxygen atoms in total. The molecule has 0 radical (unpaired) electrons. The second-order valence-electron chi connectivity index (χ2n) is 4.67. The lowest BCUT2D eigenvalue weighted by atomic mass is 9.98. The maximum atomic E-state index is 12.0. The Labute approximate surface area is 103 Å². The number of benzene rings is 1. The molecule has 0 saturated carbocycles. The molecule has 94 valence electrons. The molecule has 0 heterocycles. The Morgan fingerprint density at radius 1 is 1.29 bits per heavy atom. The number of rotatable bonds is 6. The van der Waals surface area contributed by atoms with E-state index >= 15 is 0 Å². The Morgan fingerprint density at radius 3 is 2.47 bits per heavy atom. The molecule has 0 bridgehead atoms. The second kappa shape index (κ2) is 7.07. The van der Waals surface area contributed by atoms with Crippen molar-refractivity contribution >= 4 is 5.91 Å². The average Bonchev–Trinajstić information content (AvgIpc) is 2.31. The Bertz CT molecular complexity index is 335. The minimum atomic E-state index is -0.233. The van der Waals surface area contributed by atoms with E-state index in [9.17, 15) is 4.79 Å². The fraction of sp³-hybridized carbons (Fsp3) is 0.500. The number of hydrogen-bond acceptors (Lipinski definition) is 2. The highest BCUT2D eigenvalue weighted by molar-refractivity contribution is 5.83. The van der Waals surface area contributed by atoms with Gasteiger partial charge in [-0.15, -0.1) is 0 Å². The van der Waals surface area contributed by atoms with Crippen LogP contribution >= 0.6 is 0 Å². The maximum absolute atomic E-state index is 12.0. The van der Waals surface area contributed by atoms with Crippen LogP contribution in [0.25, 0.3) is 0 Å². The largest absolute Gasteiger partial charge is 0.356 e. The minimum Gasteiger partial charge on any atom is -0.356 e. The summed E-state index contributed by atoms with van der Waals surface area (Å²) >= 11 is 0. The molecule has 1 unspecified atom stereocenters. The lowest BCUT2D eigenvalue weighted by Crippen LogP contribution is -2.34. The zero-order valence-electron chi connectivity index (χ0n) is 10.6. The van der Waals surface area contributed by atoms with Crippen molar-refractivity contribution in [3.8, 4) is 0 Å². The summed E-state index contributed by atoms with van der Waals surface area (Å²) in [6.07, 6.45) is 0.998. The van der Waals surface area contributed by atoms with Crippen molar-refractivity contribution in [1.29, 1.82) is 0 Å². The van der Waals surface area contributed by atoms with Crippen LogP contribution in [-0.4, -0.2) is 19.0 Å². The van der Waals surface area contributed by atoms with E-state index in [1.165, 1.54) is 0 Å². The lowest BCUT2D eigenvalue weighted by molar-refractivity contribution is -0.122. The predicted molar refractivity (Wildman–Crippen MR) is 70.7 cm³/mol. The summed E-state index contributed by atoms with van der Waals surface area (Å²) in [6.45, 7) is 5.35. The number of nitrogens with one attached hydrogen (secondary N) is 1. The molecule has 0 aliphatic rings. The van der Waals surface area contributed by atoms with Crippen molar-refractivity contribution in [1.82, 2.24) is 5.32 Å². The van der Waals surface area contributed by atoms with E-state index in [0.717, 1.165) is 18.5 Å². The quantitative estimate of drug-likeness (QED) is 0.789. The number of carbonyl (C=O) groups is 1. The predicted octanol–water partition coefficient (Wildman–Crippen LogP) is 1.89. The van der Waals surface area contributed by atoms with E-state index < -0.39 is 0 Å². The van der Waals surface area contributed by atoms with Gasteiger partial charge in [0.1, 0.15) is 0 Å². The summed E-state index contributed by atoms with van der Waals surface area (Å²) < 4.78 is 0. The van der Waals surface area contributed by atoms with Crippen molar-refractivity contribution in [2.75, 3.05) is 13.1 Å². The topological polar surface area (TPSA) is 55.1 Å². The lowest BCUT2D eigenvalue weighted by Gasteiger charge is -2.15. The van der Waals surface area contributed by atoms with Crippen LogP contribution in [0.5, 0.6) is 0 Å². The average molecular weight is 234 g/mol. The van der Waals surface area contributed by atoms with Crippen LogP contribution in [0.4, 0.5) is 0 Å². The fourth-order valence-electron chi connectivity index (χ4n) is 1.69. The van der Waals surface area contributed by atoms with E-state index in [-0.39, 0.29) is 11.8 Å². The highest BCUT2D eigenvalue weighted by Crippen LogP contribution is 2.14. The van der Waals surface area contributed by atoms with Crippen LogP contribution in [0.3, 0.4) is 0 Å². The molecule has 1 aromatic carbocycles. The van der Waals surface area contributed by atoms with Gasteiger partial charge in [0.2, 0.25) is 5.91 Å². The van der Waals surface area contributed by atoms with Gasteiger partial charge in [-0.25, -0.2) is 0 Å². The van der Waals surface area contributed by atoms with E-state index in [1.54, 1.807) is 0 Å². The van der Waals surface area contributed by atoms with Crippen molar-refractivity contribution in [2.45, 2.75) is 26.2 Å². The van der Waals surface area contributed by atoms with Crippen LogP contribution in [0, 0.1) is 5.92 Å². The molecule has 0 aliphatic heterocycles. The van der Waals surface area contributed by atoms with Crippen molar-refractivity contribution in [2.24, 2.45) is 11.7 Å². The molecule has 3 heteroatoms. The standard InChI is InChI=1S/C14H22N2O/c1-11(2)8-9-16-14(17)13(10-15)12-6-4-3-5-7-12/h3-7,11,13H,8-10,15H2,1-2H3,(H,16,17). The molecule has 0 aromatic heterocycles. The van der Waals surface area contributed by atoms with Crippen molar-refractivity contribution in [3.63, 3.8) is 0 Å². The Balaban J connectivity index is 2.53. The molecule has 0 spiro atoms. The normalized spacial score (nSPS) is 12.5. The zero-order valence-corrected chi connectivity index (χ0v) is 10.6. The van der Waals surface area contributed by atoms with Gasteiger partial charge in [-0.2, -0.15) is 0 Å². The number of nitrogens with two attached hydrogens (primary N) is 1. The first-order valence-electron chi connectivity index (χ1n) is 6.18. The first-order chi connectivity index (χ1) is 8.15. The third kappa shape index (κ3) is 4.57. The van der Waals surface area contributed by atoms with E-state index in [1.807, 2.05) is 30.3 Å². The SMILES string of the molecule is CC(C)CCNC(=O)C(CN)c1ccccc1. The Hall–Kier alpha value is -1.35. The van der Waals surface area contributed by atoms with E-state index in [4.69, 9.17) is 5.73 Å². The summed E-state index contributed by atoms with van der Waals surface area (Å²) in [5.74, 6) is 0.395. The van der Waals surface area contributed by atoms with Gasteiger partial charge in [-0.3, -0.25) is 4.79 Å². The summed E-state index contributed by atoms with van der Waals surface area (Å²) in [7, 11) is 0. The van der Waals surface area contributed by atoms with Crippen LogP contribution < -0.4 is 11.1 Å². The summed E-state index contributed by atoms with van der Waals surface area (Å²) in [6, 6.07) is 9.69. The number of carbonyl (C=O) groups excluding carboxylic acids is 1. The maximum Gasteiger partial charge on any atom is 0.228 e. The summed E-state index contributed by atoms with van der Waals surface area (Å²) in [5, 5.41) is 2.94. The van der Waals surface area contributed by atoms with Crippen molar-refractivity contribution < 1.29 is 4.79 Å². The molecule has 1 aromatic rings. The first kappa shape index (κ1) is 13.7. The van der Waals surface area contributed by atoms with Crippen molar-refractivity contribution in [3.05, 3.63) is 35.9 Å².